The second-order valence-corrected chi connectivity index (χ2v) is 34.4. The molecular weight excluding hydrogens is 826 g/mol. The molecule has 51 heavy (non-hydrogen) atoms. The number of allylic oxidation sites excluding steroid dienone is 2. The van der Waals surface area contributed by atoms with Crippen LogP contribution >= 0.6 is 24.8 Å². The second kappa shape index (κ2) is 14.2. The zero-order valence-electron chi connectivity index (χ0n) is 32.1. The van der Waals surface area contributed by atoms with E-state index < -0.39 is 20.0 Å². The fraction of sp³-hybridized carbons (Fsp3) is 0.417. The smallest absolute Gasteiger partial charge is 0.147 e. The first-order valence-corrected chi connectivity index (χ1v) is 27.7. The van der Waals surface area contributed by atoms with Crippen LogP contribution in [0.25, 0.3) is 34.4 Å². The summed E-state index contributed by atoms with van der Waals surface area (Å²) in [5, 5.41) is 0. The van der Waals surface area contributed by atoms with Crippen molar-refractivity contribution in [3.63, 3.8) is 0 Å². The molecule has 0 N–H and O–H groups in total. The minimum Gasteiger partial charge on any atom is -0.147 e. The van der Waals surface area contributed by atoms with E-state index in [1.807, 2.05) is 0 Å². The standard InChI is InChI=1S/2C21H23.C6H10.2ClH.Hf/c2*1-5-15-13-17-7-6-8-19(20(17)14-15)16-9-11-18(12-10-16)21(2,3)4;1-2-4-6-5-3-1;;;/h2*6-14H,5H2,1-4H3;1-2H,3-6H2;2*1H;. The van der Waals surface area contributed by atoms with Gasteiger partial charge in [0.05, 0.1) is 0 Å². The van der Waals surface area contributed by atoms with Crippen molar-refractivity contribution in [2.75, 3.05) is 0 Å². The summed E-state index contributed by atoms with van der Waals surface area (Å²) in [6.07, 6.45) is 13.6. The number of hydrogen-bond donors (Lipinski definition) is 0. The first kappa shape index (κ1) is 38.5. The van der Waals surface area contributed by atoms with Gasteiger partial charge < -0.3 is 0 Å². The van der Waals surface area contributed by atoms with Crippen molar-refractivity contribution in [2.24, 2.45) is 0 Å². The van der Waals surface area contributed by atoms with E-state index in [0.29, 0.717) is 7.35 Å². The van der Waals surface area contributed by atoms with Crippen LogP contribution in [0, 0.1) is 0 Å². The molecule has 1 aliphatic heterocycles. The third-order valence-electron chi connectivity index (χ3n) is 13.2. The van der Waals surface area contributed by atoms with Gasteiger partial charge in [-0.05, 0) is 0 Å². The fourth-order valence-electron chi connectivity index (χ4n) is 10.8. The maximum Gasteiger partial charge on any atom is -0.147 e. The predicted molar refractivity (Wildman–Crippen MR) is 224 cm³/mol. The Morgan fingerprint density at radius 1 is 0.529 bits per heavy atom. The number of benzene rings is 4. The van der Waals surface area contributed by atoms with Gasteiger partial charge in [-0.15, -0.1) is 24.8 Å². The summed E-state index contributed by atoms with van der Waals surface area (Å²) < 4.78 is 3.44. The van der Waals surface area contributed by atoms with Gasteiger partial charge in [0.2, 0.25) is 0 Å². The molecule has 0 bridgehead atoms. The summed E-state index contributed by atoms with van der Waals surface area (Å²) in [5.74, 6) is 0. The zero-order valence-corrected chi connectivity index (χ0v) is 37.3. The van der Waals surface area contributed by atoms with Gasteiger partial charge in [0.25, 0.3) is 0 Å². The minimum absolute atomic E-state index is 0. The van der Waals surface area contributed by atoms with E-state index in [0.717, 1.165) is 7.35 Å². The maximum absolute atomic E-state index is 3.20. The first-order valence-electron chi connectivity index (χ1n) is 19.4. The summed E-state index contributed by atoms with van der Waals surface area (Å²) in [6.45, 7) is 18.8. The molecule has 4 aromatic rings. The maximum atomic E-state index is 2.69. The molecule has 1 saturated heterocycles. The summed E-state index contributed by atoms with van der Waals surface area (Å²) >= 11 is -3.20. The molecule has 0 radical (unpaired) electrons. The van der Waals surface area contributed by atoms with Crippen molar-refractivity contribution in [1.82, 2.24) is 0 Å². The fourth-order valence-corrected chi connectivity index (χ4v) is 46.6. The van der Waals surface area contributed by atoms with Crippen LogP contribution < -0.4 is 0 Å². The Labute approximate surface area is 325 Å². The van der Waals surface area contributed by atoms with E-state index >= 15 is 0 Å². The monoisotopic (exact) mass is 884 g/mol. The summed E-state index contributed by atoms with van der Waals surface area (Å²) in [6, 6.07) is 33.8. The molecule has 8 rings (SSSR count). The third-order valence-corrected chi connectivity index (χ3v) is 38.1. The number of halogens is 2. The topological polar surface area (TPSA) is 0 Å². The van der Waals surface area contributed by atoms with Crippen LogP contribution in [-0.4, -0.2) is 0 Å². The van der Waals surface area contributed by atoms with Gasteiger partial charge in [0.15, 0.2) is 0 Å². The Kier molecular flexibility index (Phi) is 10.7. The van der Waals surface area contributed by atoms with Crippen LogP contribution in [0.15, 0.2) is 96.1 Å². The molecule has 1 saturated carbocycles. The summed E-state index contributed by atoms with van der Waals surface area (Å²) in [7, 11) is 0. The molecule has 4 atom stereocenters. The van der Waals surface area contributed by atoms with E-state index in [-0.39, 0.29) is 35.6 Å². The molecule has 0 spiro atoms. The predicted octanol–water partition coefficient (Wildman–Crippen LogP) is 15.2. The van der Waals surface area contributed by atoms with Crippen LogP contribution in [0.5, 0.6) is 0 Å². The summed E-state index contributed by atoms with van der Waals surface area (Å²) in [5.41, 5.74) is 18.8. The number of rotatable bonds is 6. The van der Waals surface area contributed by atoms with E-state index in [2.05, 4.69) is 152 Å². The second-order valence-electron chi connectivity index (χ2n) is 17.8. The van der Waals surface area contributed by atoms with Crippen molar-refractivity contribution in [1.29, 1.82) is 0 Å². The molecule has 4 aliphatic rings. The van der Waals surface area contributed by atoms with Gasteiger partial charge >= 0.3 is 303 Å². The first-order chi connectivity index (χ1) is 23.5. The van der Waals surface area contributed by atoms with Crippen molar-refractivity contribution in [2.45, 2.75) is 119 Å². The Hall–Kier alpha value is -2.19. The average Bonchev–Trinajstić information content (AvgIpc) is 3.37. The molecule has 268 valence electrons. The van der Waals surface area contributed by atoms with Gasteiger partial charge in [-0.25, -0.2) is 0 Å². The quantitative estimate of drug-likeness (QED) is 0.169. The van der Waals surface area contributed by atoms with E-state index in [1.54, 1.807) is 33.4 Å². The van der Waals surface area contributed by atoms with Gasteiger partial charge in [-0.1, -0.05) is 0 Å². The van der Waals surface area contributed by atoms with Crippen LogP contribution in [-0.2, 0) is 30.8 Å². The third kappa shape index (κ3) is 6.24. The molecule has 3 heteroatoms. The SMILES string of the molecule is CCC1=Cc2c(-c3ccc(C(C)(C)C)cc3)cccc2[CH]1[Hf]1([CH]2C(CC)=Cc3c(-c4ccc(C(C)(C)C)cc4)cccc32)[CH]2CCCC[CH]21.Cl.Cl. The van der Waals surface area contributed by atoms with Gasteiger partial charge in [-0.2, -0.15) is 0 Å². The van der Waals surface area contributed by atoms with Gasteiger partial charge in [0.1, 0.15) is 0 Å². The van der Waals surface area contributed by atoms with Crippen molar-refractivity contribution >= 4 is 37.0 Å². The molecule has 4 unspecified atom stereocenters. The minimum atomic E-state index is -3.20. The number of fused-ring (bicyclic) bond motifs is 3. The van der Waals surface area contributed by atoms with Gasteiger partial charge in [-0.3, -0.25) is 0 Å². The molecule has 2 fully saturated rings. The Morgan fingerprint density at radius 3 is 1.24 bits per heavy atom. The van der Waals surface area contributed by atoms with Crippen LogP contribution in [0.4, 0.5) is 0 Å². The molecule has 4 aromatic carbocycles. The molecule has 0 aromatic heterocycles. The summed E-state index contributed by atoms with van der Waals surface area (Å²) in [4.78, 5) is 0. The van der Waals surface area contributed by atoms with Crippen LogP contribution in [0.1, 0.15) is 135 Å². The average molecular weight is 884 g/mol. The van der Waals surface area contributed by atoms with Gasteiger partial charge in [0, 0.05) is 0 Å². The molecule has 0 nitrogen and oxygen atoms in total. The van der Waals surface area contributed by atoms with Crippen molar-refractivity contribution in [3.8, 4) is 22.3 Å². The molecule has 1 heterocycles. The largest absolute Gasteiger partial charge is 0.147 e. The number of hydrogen-bond acceptors (Lipinski definition) is 0. The van der Waals surface area contributed by atoms with E-state index in [1.165, 1.54) is 71.9 Å². The van der Waals surface area contributed by atoms with E-state index in [4.69, 9.17) is 0 Å². The van der Waals surface area contributed by atoms with Crippen molar-refractivity contribution < 1.29 is 20.0 Å². The Balaban J connectivity index is 0.00000224. The van der Waals surface area contributed by atoms with Crippen LogP contribution in [0.2, 0.25) is 7.35 Å². The van der Waals surface area contributed by atoms with Crippen LogP contribution in [0.3, 0.4) is 0 Å². The normalized spacial score (nSPS) is 24.7. The molecule has 3 aliphatic carbocycles. The molecular formula is C48H58Cl2Hf. The zero-order chi connectivity index (χ0) is 34.3. The molecule has 0 amide bonds. The van der Waals surface area contributed by atoms with Crippen molar-refractivity contribution in [3.05, 3.63) is 129 Å². The Bertz CT molecular complexity index is 1820. The van der Waals surface area contributed by atoms with E-state index in [9.17, 15) is 0 Å². The Morgan fingerprint density at radius 2 is 0.902 bits per heavy atom.